The van der Waals surface area contributed by atoms with Crippen molar-refractivity contribution in [1.82, 2.24) is 0 Å². The molecule has 2 aromatic carbocycles. The Morgan fingerprint density at radius 2 is 1.49 bits per heavy atom. The van der Waals surface area contributed by atoms with Crippen LogP contribution >= 0.6 is 0 Å². The van der Waals surface area contributed by atoms with E-state index in [0.29, 0.717) is 0 Å². The summed E-state index contributed by atoms with van der Waals surface area (Å²) < 4.78 is 10.9. The molecule has 0 radical (unpaired) electrons. The molecule has 5 heteroatoms. The number of nitrogens with zero attached hydrogens (tertiary/aromatic N) is 3. The highest BCUT2D eigenvalue weighted by molar-refractivity contribution is 5.38. The number of methoxy groups -OCH3 is 2. The van der Waals surface area contributed by atoms with Crippen LogP contribution < -0.4 is 9.47 Å². The molecular formula is C32H47N3O2. The first kappa shape index (κ1) is 30.4. The van der Waals surface area contributed by atoms with E-state index in [9.17, 15) is 5.26 Å². The summed E-state index contributed by atoms with van der Waals surface area (Å²) in [6.07, 6.45) is 14.1. The first-order chi connectivity index (χ1) is 18.1. The topological polar surface area (TPSA) is 67.0 Å². The molecule has 0 saturated heterocycles. The normalized spacial score (nSPS) is 13.7. The molecule has 2 atom stereocenters. The van der Waals surface area contributed by atoms with E-state index in [1.54, 1.807) is 21.3 Å². The maximum absolute atomic E-state index is 10.5. The predicted molar refractivity (Wildman–Crippen MR) is 153 cm³/mol. The largest absolute Gasteiger partial charge is 0.497 e. The molecule has 0 bridgehead atoms. The molecule has 0 heterocycles. The molecule has 2 rings (SSSR count). The quantitative estimate of drug-likeness (QED) is 0.141. The molecule has 0 fully saturated rings. The van der Waals surface area contributed by atoms with Crippen LogP contribution in [0.1, 0.15) is 95.1 Å². The van der Waals surface area contributed by atoms with Crippen molar-refractivity contribution in [2.45, 2.75) is 102 Å². The first-order valence-corrected chi connectivity index (χ1v) is 14.1. The van der Waals surface area contributed by atoms with Crippen LogP contribution in [0, 0.1) is 11.3 Å². The van der Waals surface area contributed by atoms with Crippen LogP contribution in [-0.2, 0) is 11.8 Å². The number of ether oxygens (including phenoxy) is 2. The lowest BCUT2D eigenvalue weighted by molar-refractivity contribution is 0.392. The lowest BCUT2D eigenvalue weighted by Crippen LogP contribution is -2.25. The highest BCUT2D eigenvalue weighted by Crippen LogP contribution is 2.37. The lowest BCUT2D eigenvalue weighted by atomic mass is 9.73. The van der Waals surface area contributed by atoms with Gasteiger partial charge in [-0.3, -0.25) is 0 Å². The van der Waals surface area contributed by atoms with Gasteiger partial charge in [-0.15, -0.1) is 0 Å². The van der Waals surface area contributed by atoms with Crippen molar-refractivity contribution in [2.24, 2.45) is 10.2 Å². The second-order valence-electron chi connectivity index (χ2n) is 10.0. The Morgan fingerprint density at radius 3 is 2.16 bits per heavy atom. The molecule has 0 saturated carbocycles. The maximum atomic E-state index is 10.5. The van der Waals surface area contributed by atoms with Crippen LogP contribution in [0.4, 0.5) is 0 Å². The van der Waals surface area contributed by atoms with Crippen LogP contribution in [0.2, 0.25) is 0 Å². The number of rotatable bonds is 19. The van der Waals surface area contributed by atoms with Gasteiger partial charge in [0.15, 0.2) is 0 Å². The third kappa shape index (κ3) is 10.6. The maximum Gasteiger partial charge on any atom is 0.119 e. The zero-order valence-electron chi connectivity index (χ0n) is 23.5. The lowest BCUT2D eigenvalue weighted by Gasteiger charge is -2.28. The number of azo groups is 1. The number of nitriles is 1. The Kier molecular flexibility index (Phi) is 14.4. The van der Waals surface area contributed by atoms with Crippen LogP contribution in [0.5, 0.6) is 11.5 Å². The van der Waals surface area contributed by atoms with E-state index in [-0.39, 0.29) is 6.04 Å². The molecule has 0 spiro atoms. The van der Waals surface area contributed by atoms with Gasteiger partial charge in [0, 0.05) is 7.05 Å². The van der Waals surface area contributed by atoms with Crippen molar-refractivity contribution in [1.29, 1.82) is 5.26 Å². The van der Waals surface area contributed by atoms with E-state index in [4.69, 9.17) is 9.47 Å². The van der Waals surface area contributed by atoms with Gasteiger partial charge in [0.2, 0.25) is 0 Å². The van der Waals surface area contributed by atoms with Crippen molar-refractivity contribution >= 4 is 0 Å². The smallest absolute Gasteiger partial charge is 0.119 e. The predicted octanol–water partition coefficient (Wildman–Crippen LogP) is 8.86. The van der Waals surface area contributed by atoms with Crippen LogP contribution in [0.25, 0.3) is 0 Å². The Bertz CT molecular complexity index is 969. The molecule has 0 amide bonds. The summed E-state index contributed by atoms with van der Waals surface area (Å²) in [7, 11) is 5.13. The van der Waals surface area contributed by atoms with Crippen LogP contribution in [0.15, 0.2) is 58.8 Å². The van der Waals surface area contributed by atoms with Gasteiger partial charge in [-0.05, 0) is 73.9 Å². The van der Waals surface area contributed by atoms with Crippen molar-refractivity contribution in [2.75, 3.05) is 21.3 Å². The molecule has 37 heavy (non-hydrogen) atoms. The van der Waals surface area contributed by atoms with Gasteiger partial charge in [-0.25, -0.2) is 0 Å². The molecular weight excluding hydrogens is 458 g/mol. The van der Waals surface area contributed by atoms with Gasteiger partial charge in [-0.1, -0.05) is 76.1 Å². The third-order valence-corrected chi connectivity index (χ3v) is 7.36. The number of benzene rings is 2. The molecule has 0 N–H and O–H groups in total. The van der Waals surface area contributed by atoms with Crippen molar-refractivity contribution < 1.29 is 9.47 Å². The SMILES string of the molecule is CCCCCCCCCC(C#N)(CCCC(CCc1cccc(OC)c1)/N=N/C)c1cccc(OC)c1. The fraction of sp³-hybridized carbons (Fsp3) is 0.594. The van der Waals surface area contributed by atoms with Crippen LogP contribution in [-0.4, -0.2) is 27.3 Å². The van der Waals surface area contributed by atoms with Crippen molar-refractivity contribution in [3.05, 3.63) is 59.7 Å². The minimum atomic E-state index is -0.501. The van der Waals surface area contributed by atoms with E-state index < -0.39 is 5.41 Å². The molecule has 0 aliphatic heterocycles. The Labute approximate surface area is 225 Å². The molecule has 0 aromatic heterocycles. The number of hydrogen-bond donors (Lipinski definition) is 0. The van der Waals surface area contributed by atoms with Gasteiger partial charge in [-0.2, -0.15) is 15.5 Å². The fourth-order valence-corrected chi connectivity index (χ4v) is 5.12. The van der Waals surface area contributed by atoms with Gasteiger partial charge in [0.1, 0.15) is 11.5 Å². The number of unbranched alkanes of at least 4 members (excludes halogenated alkanes) is 6. The molecule has 2 unspecified atom stereocenters. The number of hydrogen-bond acceptors (Lipinski definition) is 5. The summed E-state index contributed by atoms with van der Waals surface area (Å²) in [5, 5.41) is 19.1. The minimum Gasteiger partial charge on any atom is -0.497 e. The van der Waals surface area contributed by atoms with Crippen molar-refractivity contribution in [3.63, 3.8) is 0 Å². The summed E-state index contributed by atoms with van der Waals surface area (Å²) in [6.45, 7) is 2.25. The van der Waals surface area contributed by atoms with E-state index in [0.717, 1.165) is 62.0 Å². The fourth-order valence-electron chi connectivity index (χ4n) is 5.12. The average molecular weight is 506 g/mol. The standard InChI is InChI=1S/C32H47N3O2/c1-5-6-7-8-9-10-11-22-32(26-33,28-16-13-19-31(25-28)37-4)23-14-17-29(35-34-2)21-20-27-15-12-18-30(24-27)36-3/h12-13,15-16,18-19,24-25,29H,5-11,14,17,20-23H2,1-4H3/b35-34+. The third-order valence-electron chi connectivity index (χ3n) is 7.36. The van der Waals surface area contributed by atoms with Gasteiger partial charge in [0.05, 0.1) is 31.7 Å². The summed E-state index contributed by atoms with van der Waals surface area (Å²) in [6, 6.07) is 19.2. The zero-order chi connectivity index (χ0) is 26.8. The Morgan fingerprint density at radius 1 is 0.838 bits per heavy atom. The van der Waals surface area contributed by atoms with E-state index in [1.165, 1.54) is 44.1 Å². The van der Waals surface area contributed by atoms with E-state index >= 15 is 0 Å². The van der Waals surface area contributed by atoms with Crippen LogP contribution in [0.3, 0.4) is 0 Å². The zero-order valence-corrected chi connectivity index (χ0v) is 23.5. The van der Waals surface area contributed by atoms with E-state index in [1.807, 2.05) is 24.3 Å². The Hall–Kier alpha value is -2.87. The van der Waals surface area contributed by atoms with Gasteiger partial charge in [0.25, 0.3) is 0 Å². The molecule has 0 aliphatic rings. The molecule has 2 aromatic rings. The summed E-state index contributed by atoms with van der Waals surface area (Å²) in [5.74, 6) is 1.70. The highest BCUT2D eigenvalue weighted by atomic mass is 16.5. The second kappa shape index (κ2) is 17.6. The molecule has 0 aliphatic carbocycles. The monoisotopic (exact) mass is 505 g/mol. The first-order valence-electron chi connectivity index (χ1n) is 14.1. The number of aryl methyl sites for hydroxylation is 1. The molecule has 5 nitrogen and oxygen atoms in total. The second-order valence-corrected chi connectivity index (χ2v) is 10.0. The highest BCUT2D eigenvalue weighted by Gasteiger charge is 2.32. The Balaban J connectivity index is 2.03. The summed E-state index contributed by atoms with van der Waals surface area (Å²) in [5.41, 5.74) is 1.82. The molecule has 202 valence electrons. The minimum absolute atomic E-state index is 0.150. The average Bonchev–Trinajstić information content (AvgIpc) is 2.94. The van der Waals surface area contributed by atoms with Gasteiger partial charge < -0.3 is 9.47 Å². The summed E-state index contributed by atoms with van der Waals surface area (Å²) >= 11 is 0. The van der Waals surface area contributed by atoms with E-state index in [2.05, 4.69) is 47.5 Å². The van der Waals surface area contributed by atoms with Crippen molar-refractivity contribution in [3.8, 4) is 17.6 Å². The summed E-state index contributed by atoms with van der Waals surface area (Å²) in [4.78, 5) is 0. The van der Waals surface area contributed by atoms with Gasteiger partial charge >= 0.3 is 0 Å².